The first-order valence-corrected chi connectivity index (χ1v) is 13.8. The van der Waals surface area contributed by atoms with Gasteiger partial charge in [0.15, 0.2) is 0 Å². The SMILES string of the molecule is CCCc1cc(O)ccc1C1CCc2ccc(C)cc2N(CC2CCC2C2CC(C)CCO2)C1. The van der Waals surface area contributed by atoms with Gasteiger partial charge in [0.1, 0.15) is 5.75 Å². The lowest BCUT2D eigenvalue weighted by atomic mass is 9.68. The lowest BCUT2D eigenvalue weighted by molar-refractivity contribution is -0.0799. The normalized spacial score (nSPS) is 29.3. The van der Waals surface area contributed by atoms with Crippen molar-refractivity contribution in [2.24, 2.45) is 17.8 Å². The minimum Gasteiger partial charge on any atom is -0.508 e. The molecule has 1 aliphatic carbocycles. The third kappa shape index (κ3) is 5.00. The Morgan fingerprint density at radius 1 is 1.06 bits per heavy atom. The number of aryl methyl sites for hydroxylation is 3. The Hall–Kier alpha value is -2.00. The van der Waals surface area contributed by atoms with Crippen molar-refractivity contribution < 1.29 is 9.84 Å². The minimum absolute atomic E-state index is 0.399. The van der Waals surface area contributed by atoms with E-state index in [0.717, 1.165) is 56.7 Å². The first kappa shape index (κ1) is 23.7. The van der Waals surface area contributed by atoms with Gasteiger partial charge in [-0.05, 0) is 110 Å². The molecule has 5 atom stereocenters. The van der Waals surface area contributed by atoms with Gasteiger partial charge >= 0.3 is 0 Å². The molecule has 0 radical (unpaired) electrons. The smallest absolute Gasteiger partial charge is 0.115 e. The van der Waals surface area contributed by atoms with Gasteiger partial charge in [0.25, 0.3) is 0 Å². The summed E-state index contributed by atoms with van der Waals surface area (Å²) in [6.07, 6.45) is 10.0. The number of anilines is 1. The van der Waals surface area contributed by atoms with Crippen LogP contribution in [-0.2, 0) is 17.6 Å². The fourth-order valence-corrected chi connectivity index (χ4v) is 6.76. The molecule has 3 aliphatic rings. The highest BCUT2D eigenvalue weighted by Gasteiger charge is 2.40. The summed E-state index contributed by atoms with van der Waals surface area (Å²) < 4.78 is 6.29. The molecule has 3 nitrogen and oxygen atoms in total. The Bertz CT molecular complexity index is 985. The van der Waals surface area contributed by atoms with Crippen LogP contribution in [0.5, 0.6) is 5.75 Å². The summed E-state index contributed by atoms with van der Waals surface area (Å²) in [7, 11) is 0. The average molecular weight is 462 g/mol. The maximum Gasteiger partial charge on any atom is 0.115 e. The third-order valence-electron chi connectivity index (χ3n) is 8.86. The Labute approximate surface area is 206 Å². The summed E-state index contributed by atoms with van der Waals surface area (Å²) in [6, 6.07) is 13.2. The monoisotopic (exact) mass is 461 g/mol. The highest BCUT2D eigenvalue weighted by atomic mass is 16.5. The second-order valence-electron chi connectivity index (χ2n) is 11.4. The summed E-state index contributed by atoms with van der Waals surface area (Å²) in [5.41, 5.74) is 7.10. The van der Waals surface area contributed by atoms with Crippen LogP contribution in [0.2, 0.25) is 0 Å². The molecule has 3 heteroatoms. The van der Waals surface area contributed by atoms with Crippen molar-refractivity contribution in [1.29, 1.82) is 0 Å². The molecule has 0 spiro atoms. The van der Waals surface area contributed by atoms with Crippen molar-refractivity contribution in [2.45, 2.75) is 84.2 Å². The predicted molar refractivity (Wildman–Crippen MR) is 141 cm³/mol. The van der Waals surface area contributed by atoms with Crippen molar-refractivity contribution >= 4 is 5.69 Å². The standard InChI is InChI=1S/C31H43NO2/c1-4-5-24-18-27(33)11-13-28(24)25-9-8-23-7-6-21(2)16-30(23)32(19-25)20-26-10-12-29(26)31-17-22(3)14-15-34-31/h6-7,11,13,16,18,22,25-26,29,31,33H,4-5,8-10,12,14-15,17,19-20H2,1-3H3. The lowest BCUT2D eigenvalue weighted by Crippen LogP contribution is -2.46. The molecule has 5 unspecified atom stereocenters. The molecule has 2 heterocycles. The van der Waals surface area contributed by atoms with Gasteiger partial charge in [0.05, 0.1) is 6.10 Å². The van der Waals surface area contributed by atoms with Crippen molar-refractivity contribution in [3.05, 3.63) is 58.7 Å². The van der Waals surface area contributed by atoms with Crippen LogP contribution in [0.25, 0.3) is 0 Å². The third-order valence-corrected chi connectivity index (χ3v) is 8.86. The molecule has 1 N–H and O–H groups in total. The van der Waals surface area contributed by atoms with Gasteiger partial charge in [-0.2, -0.15) is 0 Å². The fraction of sp³-hybridized carbons (Fsp3) is 0.613. The van der Waals surface area contributed by atoms with Crippen LogP contribution in [0.3, 0.4) is 0 Å². The molecular formula is C31H43NO2. The van der Waals surface area contributed by atoms with Gasteiger partial charge < -0.3 is 14.7 Å². The zero-order chi connectivity index (χ0) is 23.7. The van der Waals surface area contributed by atoms with Crippen LogP contribution in [0, 0.1) is 24.7 Å². The first-order chi connectivity index (χ1) is 16.5. The Morgan fingerprint density at radius 2 is 1.94 bits per heavy atom. The van der Waals surface area contributed by atoms with E-state index in [1.807, 2.05) is 12.1 Å². The molecule has 0 aromatic heterocycles. The van der Waals surface area contributed by atoms with E-state index in [-0.39, 0.29) is 0 Å². The first-order valence-electron chi connectivity index (χ1n) is 13.8. The van der Waals surface area contributed by atoms with Crippen molar-refractivity contribution in [3.63, 3.8) is 0 Å². The highest BCUT2D eigenvalue weighted by molar-refractivity contribution is 5.57. The van der Waals surface area contributed by atoms with Gasteiger partial charge in [-0.15, -0.1) is 0 Å². The van der Waals surface area contributed by atoms with Crippen LogP contribution in [0.15, 0.2) is 36.4 Å². The number of fused-ring (bicyclic) bond motifs is 1. The molecule has 34 heavy (non-hydrogen) atoms. The van der Waals surface area contributed by atoms with Crippen LogP contribution >= 0.6 is 0 Å². The Balaban J connectivity index is 1.40. The number of phenolic OH excluding ortho intramolecular Hbond substituents is 1. The molecule has 184 valence electrons. The van der Waals surface area contributed by atoms with E-state index in [1.54, 1.807) is 0 Å². The lowest BCUT2D eigenvalue weighted by Gasteiger charge is -2.46. The molecular weight excluding hydrogens is 418 g/mol. The summed E-state index contributed by atoms with van der Waals surface area (Å²) in [5.74, 6) is 3.16. The quantitative estimate of drug-likeness (QED) is 0.501. The van der Waals surface area contributed by atoms with Gasteiger partial charge in [-0.25, -0.2) is 0 Å². The average Bonchev–Trinajstić information content (AvgIpc) is 2.96. The second kappa shape index (κ2) is 10.3. The maximum absolute atomic E-state index is 10.2. The van der Waals surface area contributed by atoms with Crippen LogP contribution in [-0.4, -0.2) is 30.9 Å². The zero-order valence-corrected chi connectivity index (χ0v) is 21.4. The topological polar surface area (TPSA) is 32.7 Å². The molecule has 1 saturated carbocycles. The maximum atomic E-state index is 10.2. The number of phenols is 1. The summed E-state index contributed by atoms with van der Waals surface area (Å²) in [6.45, 7) is 10.0. The summed E-state index contributed by atoms with van der Waals surface area (Å²) in [4.78, 5) is 2.73. The number of hydrogen-bond acceptors (Lipinski definition) is 3. The predicted octanol–water partition coefficient (Wildman–Crippen LogP) is 7.03. The molecule has 0 amide bonds. The van der Waals surface area contributed by atoms with E-state index in [1.165, 1.54) is 60.0 Å². The molecule has 2 fully saturated rings. The molecule has 2 aliphatic heterocycles. The van der Waals surface area contributed by atoms with Gasteiger partial charge in [0, 0.05) is 31.3 Å². The number of benzene rings is 2. The Morgan fingerprint density at radius 3 is 2.71 bits per heavy atom. The zero-order valence-electron chi connectivity index (χ0n) is 21.4. The largest absolute Gasteiger partial charge is 0.508 e. The van der Waals surface area contributed by atoms with E-state index in [0.29, 0.717) is 17.8 Å². The summed E-state index contributed by atoms with van der Waals surface area (Å²) >= 11 is 0. The van der Waals surface area contributed by atoms with E-state index in [2.05, 4.69) is 49.9 Å². The fourth-order valence-electron chi connectivity index (χ4n) is 6.76. The molecule has 2 aromatic rings. The van der Waals surface area contributed by atoms with Crippen LogP contribution < -0.4 is 4.90 Å². The molecule has 5 rings (SSSR count). The van der Waals surface area contributed by atoms with E-state index >= 15 is 0 Å². The van der Waals surface area contributed by atoms with E-state index in [9.17, 15) is 5.11 Å². The Kier molecular flexibility index (Phi) is 7.20. The highest BCUT2D eigenvalue weighted by Crippen LogP contribution is 2.44. The van der Waals surface area contributed by atoms with E-state index < -0.39 is 0 Å². The molecule has 2 aromatic carbocycles. The van der Waals surface area contributed by atoms with E-state index in [4.69, 9.17) is 4.74 Å². The van der Waals surface area contributed by atoms with Crippen molar-refractivity contribution in [1.82, 2.24) is 0 Å². The minimum atomic E-state index is 0.399. The number of rotatable bonds is 6. The molecule has 0 bridgehead atoms. The molecule has 1 saturated heterocycles. The van der Waals surface area contributed by atoms with Crippen molar-refractivity contribution in [3.8, 4) is 5.75 Å². The van der Waals surface area contributed by atoms with Gasteiger partial charge in [0.2, 0.25) is 0 Å². The van der Waals surface area contributed by atoms with Crippen LogP contribution in [0.1, 0.15) is 80.5 Å². The number of hydrogen-bond donors (Lipinski definition) is 1. The summed E-state index contributed by atoms with van der Waals surface area (Å²) in [5, 5.41) is 10.2. The second-order valence-corrected chi connectivity index (χ2v) is 11.4. The number of ether oxygens (including phenoxy) is 1. The van der Waals surface area contributed by atoms with Crippen molar-refractivity contribution in [2.75, 3.05) is 24.6 Å². The van der Waals surface area contributed by atoms with Gasteiger partial charge in [-0.1, -0.05) is 38.5 Å². The van der Waals surface area contributed by atoms with Crippen LogP contribution in [0.4, 0.5) is 5.69 Å². The number of nitrogens with zero attached hydrogens (tertiary/aromatic N) is 1. The number of aromatic hydroxyl groups is 1. The van der Waals surface area contributed by atoms with Gasteiger partial charge in [-0.3, -0.25) is 0 Å².